The summed E-state index contributed by atoms with van der Waals surface area (Å²) >= 11 is 5.97. The lowest BCUT2D eigenvalue weighted by atomic mass is 10.2. The molecule has 0 saturated carbocycles. The Bertz CT molecular complexity index is 1210. The number of rotatable bonds is 12. The third-order valence-corrected chi connectivity index (χ3v) is 8.82. The van der Waals surface area contributed by atoms with Gasteiger partial charge >= 0.3 is 0 Å². The zero-order valence-corrected chi connectivity index (χ0v) is 21.9. The van der Waals surface area contributed by atoms with Crippen molar-refractivity contribution in [2.75, 3.05) is 43.3 Å². The predicted octanol–water partition coefficient (Wildman–Crippen LogP) is 2.87. The first-order chi connectivity index (χ1) is 16.6. The van der Waals surface area contributed by atoms with Gasteiger partial charge in [0.15, 0.2) is 0 Å². The van der Waals surface area contributed by atoms with E-state index in [4.69, 9.17) is 16.3 Å². The van der Waals surface area contributed by atoms with E-state index in [0.29, 0.717) is 36.0 Å². The third kappa shape index (κ3) is 7.83. The Kier molecular flexibility index (Phi) is 9.40. The largest absolute Gasteiger partial charge is 0.492 e. The monoisotopic (exact) mass is 543 g/mol. The molecule has 1 aliphatic rings. The number of nitrogens with one attached hydrogen (secondary N) is 1. The molecule has 12 heteroatoms. The molecule has 0 radical (unpaired) electrons. The number of anilines is 1. The lowest BCUT2D eigenvalue weighted by Crippen LogP contribution is -2.32. The van der Waals surface area contributed by atoms with E-state index >= 15 is 0 Å². The highest BCUT2D eigenvalue weighted by atomic mass is 35.5. The van der Waals surface area contributed by atoms with Crippen LogP contribution in [0.1, 0.15) is 25.7 Å². The van der Waals surface area contributed by atoms with Gasteiger partial charge in [-0.1, -0.05) is 17.7 Å². The average Bonchev–Trinajstić information content (AvgIpc) is 3.35. The van der Waals surface area contributed by atoms with Gasteiger partial charge < -0.3 is 10.1 Å². The SMILES string of the molecule is CS(=O)(=O)N(CCCC(=O)NCCOc1ccc(S(=O)(=O)N2CCCC2)cc1)c1cccc(Cl)c1. The molecule has 0 spiro atoms. The Balaban J connectivity index is 1.39. The van der Waals surface area contributed by atoms with E-state index in [0.717, 1.165) is 19.1 Å². The Labute approximate surface area is 212 Å². The molecule has 192 valence electrons. The van der Waals surface area contributed by atoms with Crippen molar-refractivity contribution in [3.63, 3.8) is 0 Å². The van der Waals surface area contributed by atoms with Gasteiger partial charge in [-0.05, 0) is 61.7 Å². The standard InChI is InChI=1S/C23H30ClN3O6S2/c1-34(29,30)27(20-7-4-6-19(24)18-20)16-5-8-23(28)25-13-17-33-21-9-11-22(12-10-21)35(31,32)26-14-2-3-15-26/h4,6-7,9-12,18H,2-3,5,8,13-17H2,1H3,(H,25,28). The fraction of sp³-hybridized carbons (Fsp3) is 0.435. The van der Waals surface area contributed by atoms with Gasteiger partial charge in [-0.15, -0.1) is 0 Å². The minimum absolute atomic E-state index is 0.148. The van der Waals surface area contributed by atoms with Gasteiger partial charge in [0.25, 0.3) is 0 Å². The molecule has 35 heavy (non-hydrogen) atoms. The van der Waals surface area contributed by atoms with Crippen molar-refractivity contribution in [1.29, 1.82) is 0 Å². The number of halogens is 1. The summed E-state index contributed by atoms with van der Waals surface area (Å²) in [5.41, 5.74) is 0.452. The first-order valence-electron chi connectivity index (χ1n) is 11.3. The predicted molar refractivity (Wildman–Crippen MR) is 136 cm³/mol. The van der Waals surface area contributed by atoms with Crippen LogP contribution >= 0.6 is 11.6 Å². The Morgan fingerprint density at radius 2 is 1.77 bits per heavy atom. The lowest BCUT2D eigenvalue weighted by molar-refractivity contribution is -0.121. The second kappa shape index (κ2) is 12.1. The van der Waals surface area contributed by atoms with Crippen molar-refractivity contribution in [2.45, 2.75) is 30.6 Å². The van der Waals surface area contributed by atoms with Crippen LogP contribution < -0.4 is 14.4 Å². The van der Waals surface area contributed by atoms with Gasteiger partial charge in [-0.25, -0.2) is 16.8 Å². The highest BCUT2D eigenvalue weighted by Gasteiger charge is 2.27. The van der Waals surface area contributed by atoms with Gasteiger partial charge in [-0.3, -0.25) is 9.10 Å². The summed E-state index contributed by atoms with van der Waals surface area (Å²) in [5, 5.41) is 3.16. The normalized spacial score (nSPS) is 14.6. The highest BCUT2D eigenvalue weighted by Crippen LogP contribution is 2.23. The smallest absolute Gasteiger partial charge is 0.243 e. The summed E-state index contributed by atoms with van der Waals surface area (Å²) in [4.78, 5) is 12.4. The first kappa shape index (κ1) is 27.3. The molecule has 0 atom stereocenters. The number of amides is 1. The molecular formula is C23H30ClN3O6S2. The molecule has 1 amide bonds. The van der Waals surface area contributed by atoms with Crippen molar-refractivity contribution in [3.8, 4) is 5.75 Å². The van der Waals surface area contributed by atoms with Gasteiger partial charge in [0, 0.05) is 31.1 Å². The maximum atomic E-state index is 12.6. The van der Waals surface area contributed by atoms with E-state index in [1.54, 1.807) is 36.4 Å². The number of hydrogen-bond acceptors (Lipinski definition) is 6. The molecule has 0 aromatic heterocycles. The number of ether oxygens (including phenoxy) is 1. The van der Waals surface area contributed by atoms with Crippen molar-refractivity contribution < 1.29 is 26.4 Å². The number of hydrogen-bond donors (Lipinski definition) is 1. The maximum Gasteiger partial charge on any atom is 0.243 e. The second-order valence-corrected chi connectivity index (χ2v) is 12.5. The molecule has 1 N–H and O–H groups in total. The van der Waals surface area contributed by atoms with Crippen LogP contribution in [0.15, 0.2) is 53.4 Å². The number of nitrogens with zero attached hydrogens (tertiary/aromatic N) is 2. The van der Waals surface area contributed by atoms with Crippen LogP contribution in [0.4, 0.5) is 5.69 Å². The average molecular weight is 544 g/mol. The van der Waals surface area contributed by atoms with Crippen LogP contribution in [0.2, 0.25) is 5.02 Å². The molecule has 0 bridgehead atoms. The number of carbonyl (C=O) groups is 1. The van der Waals surface area contributed by atoms with Crippen molar-refractivity contribution in [2.24, 2.45) is 0 Å². The van der Waals surface area contributed by atoms with Crippen LogP contribution in [-0.2, 0) is 24.8 Å². The van der Waals surface area contributed by atoms with Crippen LogP contribution in [0.25, 0.3) is 0 Å². The number of benzene rings is 2. The molecule has 2 aromatic rings. The van der Waals surface area contributed by atoms with Gasteiger partial charge in [0.05, 0.1) is 23.4 Å². The summed E-state index contributed by atoms with van der Waals surface area (Å²) in [6, 6.07) is 12.8. The third-order valence-electron chi connectivity index (χ3n) is 5.48. The minimum Gasteiger partial charge on any atom is -0.492 e. The summed E-state index contributed by atoms with van der Waals surface area (Å²) in [7, 11) is -6.98. The molecule has 1 fully saturated rings. The highest BCUT2D eigenvalue weighted by molar-refractivity contribution is 7.92. The van der Waals surface area contributed by atoms with Crippen LogP contribution in [-0.4, -0.2) is 66.1 Å². The zero-order valence-electron chi connectivity index (χ0n) is 19.5. The van der Waals surface area contributed by atoms with Crippen LogP contribution in [0, 0.1) is 0 Å². The van der Waals surface area contributed by atoms with Crippen LogP contribution in [0.3, 0.4) is 0 Å². The summed E-state index contributed by atoms with van der Waals surface area (Å²) in [5.74, 6) is 0.283. The molecule has 1 aliphatic heterocycles. The molecule has 1 heterocycles. The topological polar surface area (TPSA) is 113 Å². The second-order valence-electron chi connectivity index (χ2n) is 8.20. The van der Waals surface area contributed by atoms with Gasteiger partial charge in [0.2, 0.25) is 26.0 Å². The molecule has 3 rings (SSSR count). The molecule has 0 unspecified atom stereocenters. The van der Waals surface area contributed by atoms with Crippen molar-refractivity contribution in [3.05, 3.63) is 53.6 Å². The van der Waals surface area contributed by atoms with E-state index in [-0.39, 0.29) is 36.9 Å². The Morgan fingerprint density at radius 1 is 1.09 bits per heavy atom. The Morgan fingerprint density at radius 3 is 2.40 bits per heavy atom. The van der Waals surface area contributed by atoms with Crippen molar-refractivity contribution >= 4 is 43.2 Å². The van der Waals surface area contributed by atoms with E-state index in [1.807, 2.05) is 0 Å². The molecule has 0 aliphatic carbocycles. The van der Waals surface area contributed by atoms with Crippen molar-refractivity contribution in [1.82, 2.24) is 9.62 Å². The number of carbonyl (C=O) groups excluding carboxylic acids is 1. The summed E-state index contributed by atoms with van der Waals surface area (Å²) < 4.78 is 57.7. The maximum absolute atomic E-state index is 12.6. The number of sulfonamides is 2. The summed E-state index contributed by atoms with van der Waals surface area (Å²) in [6.45, 7) is 1.72. The van der Waals surface area contributed by atoms with Gasteiger partial charge in [-0.2, -0.15) is 4.31 Å². The molecule has 9 nitrogen and oxygen atoms in total. The fourth-order valence-corrected chi connectivity index (χ4v) is 6.39. The minimum atomic E-state index is -3.52. The molecule has 1 saturated heterocycles. The summed E-state index contributed by atoms with van der Waals surface area (Å²) in [6.07, 6.45) is 3.35. The van der Waals surface area contributed by atoms with E-state index in [9.17, 15) is 21.6 Å². The van der Waals surface area contributed by atoms with E-state index in [1.165, 1.54) is 20.7 Å². The van der Waals surface area contributed by atoms with E-state index in [2.05, 4.69) is 5.32 Å². The van der Waals surface area contributed by atoms with Crippen LogP contribution in [0.5, 0.6) is 5.75 Å². The quantitative estimate of drug-likeness (QED) is 0.412. The lowest BCUT2D eigenvalue weighted by Gasteiger charge is -2.22. The first-order valence-corrected chi connectivity index (χ1v) is 15.0. The fourth-order valence-electron chi connectivity index (χ4n) is 3.73. The zero-order chi connectivity index (χ0) is 25.5. The molecular weight excluding hydrogens is 514 g/mol. The van der Waals surface area contributed by atoms with E-state index < -0.39 is 20.0 Å². The molecule has 2 aromatic carbocycles. The Hall–Kier alpha value is -2.34. The van der Waals surface area contributed by atoms with Gasteiger partial charge in [0.1, 0.15) is 12.4 Å².